The maximum absolute atomic E-state index is 9.20. The maximum atomic E-state index is 9.20. The molecule has 3 aromatic carbocycles. The summed E-state index contributed by atoms with van der Waals surface area (Å²) >= 11 is 0. The van der Waals surface area contributed by atoms with Crippen molar-refractivity contribution in [3.05, 3.63) is 48.5 Å². The Hall–Kier alpha value is -2.01. The van der Waals surface area contributed by atoms with Crippen molar-refractivity contribution >= 4 is 41.8 Å². The van der Waals surface area contributed by atoms with Gasteiger partial charge in [0.2, 0.25) is 0 Å². The Labute approximate surface area is 116 Å². The number of benzene rings is 3. The van der Waals surface area contributed by atoms with Crippen LogP contribution in [0, 0.1) is 0 Å². The lowest BCUT2D eigenvalue weighted by molar-refractivity contribution is 0.426. The van der Waals surface area contributed by atoms with Gasteiger partial charge < -0.3 is 19.7 Å². The van der Waals surface area contributed by atoms with Crippen LogP contribution in [0.2, 0.25) is 0 Å². The Balaban J connectivity index is 2.17. The Morgan fingerprint density at radius 2 is 1.45 bits per heavy atom. The molecule has 0 aliphatic rings. The molecule has 3 N–H and O–H groups in total. The molecule has 0 saturated carbocycles. The highest BCUT2D eigenvalue weighted by atomic mass is 16.5. The second-order valence-corrected chi connectivity index (χ2v) is 4.56. The van der Waals surface area contributed by atoms with Crippen LogP contribution in [0.25, 0.3) is 21.5 Å². The second kappa shape index (κ2) is 5.17. The Morgan fingerprint density at radius 3 is 2.10 bits per heavy atom. The zero-order chi connectivity index (χ0) is 14.1. The zero-order valence-corrected chi connectivity index (χ0v) is 10.5. The predicted octanol–water partition coefficient (Wildman–Crippen LogP) is 0.578. The standard InChI is InChI=1S/C14H11B2O4/c17-15-20-14-4-2-10-5-11-7-13(16(18)19)3-1-9(11)6-12(10)8-14/h1-8,17-19H. The quantitative estimate of drug-likeness (QED) is 0.478. The van der Waals surface area contributed by atoms with E-state index in [1.165, 1.54) is 0 Å². The fourth-order valence-corrected chi connectivity index (χ4v) is 2.29. The first-order valence-electron chi connectivity index (χ1n) is 6.13. The molecule has 0 saturated heterocycles. The lowest BCUT2D eigenvalue weighted by Gasteiger charge is -2.07. The average molecular weight is 265 g/mol. The van der Waals surface area contributed by atoms with Crippen molar-refractivity contribution in [1.82, 2.24) is 0 Å². The van der Waals surface area contributed by atoms with Gasteiger partial charge in [-0.05, 0) is 51.3 Å². The highest BCUT2D eigenvalue weighted by Gasteiger charge is 2.11. The third-order valence-electron chi connectivity index (χ3n) is 3.28. The van der Waals surface area contributed by atoms with Crippen molar-refractivity contribution in [3.8, 4) is 5.75 Å². The molecule has 0 unspecified atom stereocenters. The molecule has 20 heavy (non-hydrogen) atoms. The van der Waals surface area contributed by atoms with E-state index in [1.54, 1.807) is 18.2 Å². The molecule has 97 valence electrons. The summed E-state index contributed by atoms with van der Waals surface area (Å²) in [6, 6.07) is 14.7. The van der Waals surface area contributed by atoms with Crippen molar-refractivity contribution in [2.75, 3.05) is 0 Å². The van der Waals surface area contributed by atoms with Crippen LogP contribution in [0.1, 0.15) is 0 Å². The van der Waals surface area contributed by atoms with Gasteiger partial charge in [-0.25, -0.2) is 0 Å². The SMILES string of the molecule is O[B]Oc1ccc2cc3cc(B(O)O)ccc3cc2c1. The minimum absolute atomic E-state index is 0.465. The van der Waals surface area contributed by atoms with E-state index >= 15 is 0 Å². The summed E-state index contributed by atoms with van der Waals surface area (Å²) in [5.74, 6) is 0.557. The van der Waals surface area contributed by atoms with Crippen molar-refractivity contribution in [2.24, 2.45) is 0 Å². The molecule has 0 spiro atoms. The summed E-state index contributed by atoms with van der Waals surface area (Å²) in [6.45, 7) is 0. The molecule has 0 fully saturated rings. The first-order valence-corrected chi connectivity index (χ1v) is 6.13. The molecule has 0 atom stereocenters. The minimum atomic E-state index is -1.47. The Morgan fingerprint density at radius 1 is 0.800 bits per heavy atom. The molecule has 1 radical (unpaired) electrons. The van der Waals surface area contributed by atoms with Crippen LogP contribution in [-0.4, -0.2) is 29.9 Å². The molecule has 0 aliphatic heterocycles. The number of hydrogen-bond acceptors (Lipinski definition) is 4. The van der Waals surface area contributed by atoms with Gasteiger partial charge in [-0.3, -0.25) is 0 Å². The van der Waals surface area contributed by atoms with Gasteiger partial charge in [-0.2, -0.15) is 0 Å². The molecular formula is C14H11B2O4. The Kier molecular flexibility index (Phi) is 3.36. The van der Waals surface area contributed by atoms with Crippen LogP contribution < -0.4 is 10.1 Å². The van der Waals surface area contributed by atoms with Crippen molar-refractivity contribution in [3.63, 3.8) is 0 Å². The monoisotopic (exact) mass is 265 g/mol. The number of rotatable bonds is 3. The summed E-state index contributed by atoms with van der Waals surface area (Å²) < 4.78 is 4.94. The van der Waals surface area contributed by atoms with Crippen LogP contribution in [0.3, 0.4) is 0 Å². The number of hydrogen-bond donors (Lipinski definition) is 3. The van der Waals surface area contributed by atoms with Gasteiger partial charge >= 0.3 is 14.8 Å². The summed E-state index contributed by atoms with van der Waals surface area (Å²) in [5, 5.41) is 31.0. The maximum Gasteiger partial charge on any atom is 0.569 e. The summed E-state index contributed by atoms with van der Waals surface area (Å²) in [5.41, 5.74) is 0.465. The van der Waals surface area contributed by atoms with Gasteiger partial charge in [-0.1, -0.05) is 24.3 Å². The van der Waals surface area contributed by atoms with Crippen molar-refractivity contribution < 1.29 is 19.7 Å². The Bertz CT molecular complexity index is 774. The van der Waals surface area contributed by atoms with Gasteiger partial charge in [-0.15, -0.1) is 0 Å². The van der Waals surface area contributed by atoms with Gasteiger partial charge in [0.15, 0.2) is 0 Å². The van der Waals surface area contributed by atoms with E-state index in [9.17, 15) is 10.0 Å². The molecular weight excluding hydrogens is 254 g/mol. The smallest absolute Gasteiger partial charge is 0.537 e. The summed E-state index contributed by atoms with van der Waals surface area (Å²) in [7, 11) is -0.817. The highest BCUT2D eigenvalue weighted by Crippen LogP contribution is 2.25. The molecule has 0 amide bonds. The van der Waals surface area contributed by atoms with Gasteiger partial charge in [0.05, 0.1) is 0 Å². The van der Waals surface area contributed by atoms with E-state index < -0.39 is 7.12 Å². The van der Waals surface area contributed by atoms with Crippen LogP contribution in [0.4, 0.5) is 0 Å². The average Bonchev–Trinajstić information content (AvgIpc) is 2.44. The first-order chi connectivity index (χ1) is 9.67. The van der Waals surface area contributed by atoms with E-state index in [4.69, 9.17) is 9.68 Å². The zero-order valence-electron chi connectivity index (χ0n) is 10.5. The normalized spacial score (nSPS) is 10.8. The third kappa shape index (κ3) is 2.36. The summed E-state index contributed by atoms with van der Waals surface area (Å²) in [4.78, 5) is 0. The largest absolute Gasteiger partial charge is 0.569 e. The fraction of sp³-hybridized carbons (Fsp3) is 0. The fourth-order valence-electron chi connectivity index (χ4n) is 2.29. The van der Waals surface area contributed by atoms with E-state index in [0.29, 0.717) is 18.9 Å². The van der Waals surface area contributed by atoms with Gasteiger partial charge in [0.25, 0.3) is 0 Å². The van der Waals surface area contributed by atoms with E-state index in [-0.39, 0.29) is 0 Å². The van der Waals surface area contributed by atoms with Crippen LogP contribution in [0.5, 0.6) is 5.75 Å². The predicted molar refractivity (Wildman–Crippen MR) is 79.9 cm³/mol. The highest BCUT2D eigenvalue weighted by molar-refractivity contribution is 6.58. The van der Waals surface area contributed by atoms with E-state index in [1.807, 2.05) is 30.3 Å². The molecule has 3 rings (SSSR count). The van der Waals surface area contributed by atoms with Gasteiger partial charge in [0.1, 0.15) is 5.75 Å². The molecule has 0 aromatic heterocycles. The molecule has 0 aliphatic carbocycles. The van der Waals surface area contributed by atoms with E-state index in [2.05, 4.69) is 0 Å². The number of fused-ring (bicyclic) bond motifs is 2. The van der Waals surface area contributed by atoms with Crippen molar-refractivity contribution in [1.29, 1.82) is 0 Å². The van der Waals surface area contributed by atoms with Gasteiger partial charge in [0, 0.05) is 0 Å². The lowest BCUT2D eigenvalue weighted by atomic mass is 9.79. The molecule has 6 heteroatoms. The molecule has 4 nitrogen and oxygen atoms in total. The molecule has 0 heterocycles. The van der Waals surface area contributed by atoms with Crippen LogP contribution in [-0.2, 0) is 0 Å². The lowest BCUT2D eigenvalue weighted by Crippen LogP contribution is -2.29. The first kappa shape index (κ1) is 13.0. The van der Waals surface area contributed by atoms with E-state index in [0.717, 1.165) is 21.5 Å². The van der Waals surface area contributed by atoms with Crippen molar-refractivity contribution in [2.45, 2.75) is 0 Å². The molecule has 0 bridgehead atoms. The second-order valence-electron chi connectivity index (χ2n) is 4.56. The minimum Gasteiger partial charge on any atom is -0.537 e. The topological polar surface area (TPSA) is 69.9 Å². The van der Waals surface area contributed by atoms with Crippen LogP contribution >= 0.6 is 0 Å². The third-order valence-corrected chi connectivity index (χ3v) is 3.28. The molecule has 3 aromatic rings. The van der Waals surface area contributed by atoms with Crippen LogP contribution in [0.15, 0.2) is 48.5 Å². The summed E-state index contributed by atoms with van der Waals surface area (Å²) in [6.07, 6.45) is 0.